The number of anilines is 1. The lowest BCUT2D eigenvalue weighted by atomic mass is 9.82. The Kier molecular flexibility index (Phi) is 3.12. The number of methoxy groups -OCH3 is 1. The zero-order valence-corrected chi connectivity index (χ0v) is 11.5. The van der Waals surface area contributed by atoms with Gasteiger partial charge in [-0.2, -0.15) is 0 Å². The highest BCUT2D eigenvalue weighted by atomic mass is 16.5. The molecule has 1 aromatic carbocycles. The minimum atomic E-state index is -0.682. The first-order valence-electron chi connectivity index (χ1n) is 6.97. The third-order valence-corrected chi connectivity index (χ3v) is 4.18. The van der Waals surface area contributed by atoms with Crippen LogP contribution in [-0.2, 0) is 4.79 Å². The predicted molar refractivity (Wildman–Crippen MR) is 74.8 cm³/mol. The van der Waals surface area contributed by atoms with Crippen LogP contribution in [0.3, 0.4) is 0 Å². The van der Waals surface area contributed by atoms with Crippen molar-refractivity contribution in [1.29, 1.82) is 0 Å². The van der Waals surface area contributed by atoms with Crippen LogP contribution >= 0.6 is 0 Å². The fraction of sp³-hybridized carbons (Fsp3) is 0.467. The third-order valence-electron chi connectivity index (χ3n) is 4.18. The summed E-state index contributed by atoms with van der Waals surface area (Å²) in [6.07, 6.45) is 4.57. The molecule has 3 amide bonds. The third kappa shape index (κ3) is 1.94. The Morgan fingerprint density at radius 3 is 2.65 bits per heavy atom. The molecule has 2 fully saturated rings. The molecule has 106 valence electrons. The van der Waals surface area contributed by atoms with Gasteiger partial charge in [-0.15, -0.1) is 0 Å². The van der Waals surface area contributed by atoms with Gasteiger partial charge in [-0.3, -0.25) is 4.79 Å². The van der Waals surface area contributed by atoms with Gasteiger partial charge in [-0.25, -0.2) is 9.69 Å². The zero-order chi connectivity index (χ0) is 14.2. The normalized spacial score (nSPS) is 21.1. The average molecular weight is 274 g/mol. The van der Waals surface area contributed by atoms with Crippen LogP contribution in [-0.4, -0.2) is 24.6 Å². The van der Waals surface area contributed by atoms with E-state index < -0.39 is 5.54 Å². The topological polar surface area (TPSA) is 58.6 Å². The monoisotopic (exact) mass is 274 g/mol. The largest absolute Gasteiger partial charge is 0.497 e. The van der Waals surface area contributed by atoms with Gasteiger partial charge in [0.15, 0.2) is 0 Å². The van der Waals surface area contributed by atoms with E-state index in [2.05, 4.69) is 5.32 Å². The molecule has 0 bridgehead atoms. The van der Waals surface area contributed by atoms with Crippen molar-refractivity contribution < 1.29 is 14.3 Å². The van der Waals surface area contributed by atoms with Gasteiger partial charge in [-0.05, 0) is 25.0 Å². The number of rotatable bonds is 2. The van der Waals surface area contributed by atoms with Gasteiger partial charge in [0.25, 0.3) is 5.91 Å². The van der Waals surface area contributed by atoms with Gasteiger partial charge in [0.05, 0.1) is 12.8 Å². The van der Waals surface area contributed by atoms with Crippen LogP contribution < -0.4 is 15.0 Å². The second kappa shape index (κ2) is 4.81. The van der Waals surface area contributed by atoms with E-state index in [9.17, 15) is 9.59 Å². The molecule has 1 saturated heterocycles. The van der Waals surface area contributed by atoms with E-state index in [0.717, 1.165) is 32.1 Å². The average Bonchev–Trinajstić information content (AvgIpc) is 2.71. The summed E-state index contributed by atoms with van der Waals surface area (Å²) in [6.45, 7) is 0. The molecule has 2 aliphatic rings. The van der Waals surface area contributed by atoms with Gasteiger partial charge >= 0.3 is 6.03 Å². The lowest BCUT2D eigenvalue weighted by Crippen LogP contribution is -2.48. The van der Waals surface area contributed by atoms with E-state index >= 15 is 0 Å². The molecule has 0 unspecified atom stereocenters. The summed E-state index contributed by atoms with van der Waals surface area (Å²) in [5.41, 5.74) is -0.118. The second-order valence-electron chi connectivity index (χ2n) is 5.41. The van der Waals surface area contributed by atoms with Crippen molar-refractivity contribution >= 4 is 17.6 Å². The minimum absolute atomic E-state index is 0.129. The van der Waals surface area contributed by atoms with E-state index in [0.29, 0.717) is 11.4 Å². The Bertz CT molecular complexity index is 550. The van der Waals surface area contributed by atoms with E-state index in [1.807, 2.05) is 0 Å². The summed E-state index contributed by atoms with van der Waals surface area (Å²) < 4.78 is 5.15. The lowest BCUT2D eigenvalue weighted by molar-refractivity contribution is -0.123. The highest BCUT2D eigenvalue weighted by molar-refractivity contribution is 6.23. The van der Waals surface area contributed by atoms with Crippen LogP contribution in [0.25, 0.3) is 0 Å². The summed E-state index contributed by atoms with van der Waals surface area (Å²) in [7, 11) is 1.56. The molecule has 0 atom stereocenters. The number of benzene rings is 1. The van der Waals surface area contributed by atoms with Gasteiger partial charge in [0, 0.05) is 6.07 Å². The number of nitrogens with zero attached hydrogens (tertiary/aromatic N) is 1. The van der Waals surface area contributed by atoms with E-state index in [1.54, 1.807) is 31.4 Å². The van der Waals surface area contributed by atoms with Crippen molar-refractivity contribution in [3.05, 3.63) is 24.3 Å². The second-order valence-corrected chi connectivity index (χ2v) is 5.41. The number of hydrogen-bond donors (Lipinski definition) is 1. The molecule has 1 aromatic rings. The molecule has 20 heavy (non-hydrogen) atoms. The molecule has 1 heterocycles. The number of amides is 3. The van der Waals surface area contributed by atoms with Crippen molar-refractivity contribution in [2.24, 2.45) is 0 Å². The highest BCUT2D eigenvalue weighted by Crippen LogP contribution is 2.36. The molecular formula is C15H18N2O3. The quantitative estimate of drug-likeness (QED) is 0.843. The van der Waals surface area contributed by atoms with Crippen LogP contribution in [0.15, 0.2) is 24.3 Å². The number of imide groups is 1. The van der Waals surface area contributed by atoms with Gasteiger partial charge in [-0.1, -0.05) is 25.3 Å². The van der Waals surface area contributed by atoms with E-state index in [1.165, 1.54) is 4.90 Å². The predicted octanol–water partition coefficient (Wildman–Crippen LogP) is 2.45. The first kappa shape index (κ1) is 13.0. The van der Waals surface area contributed by atoms with Crippen LogP contribution in [0.5, 0.6) is 5.75 Å². The molecule has 5 nitrogen and oxygen atoms in total. The maximum Gasteiger partial charge on any atom is 0.329 e. The number of carbonyl (C=O) groups excluding carboxylic acids is 2. The molecule has 1 saturated carbocycles. The molecule has 5 heteroatoms. The minimum Gasteiger partial charge on any atom is -0.497 e. The Hall–Kier alpha value is -2.04. The molecule has 1 aliphatic carbocycles. The van der Waals surface area contributed by atoms with Crippen molar-refractivity contribution in [1.82, 2.24) is 5.32 Å². The van der Waals surface area contributed by atoms with Crippen molar-refractivity contribution in [3.8, 4) is 5.75 Å². The summed E-state index contributed by atoms with van der Waals surface area (Å²) in [5.74, 6) is 0.503. The summed E-state index contributed by atoms with van der Waals surface area (Å²) in [4.78, 5) is 26.1. The van der Waals surface area contributed by atoms with Crippen molar-refractivity contribution in [2.75, 3.05) is 12.0 Å². The standard InChI is InChI=1S/C15H18N2O3/c1-20-12-7-5-6-11(10-12)17-13(18)15(16-14(17)19)8-3-2-4-9-15/h5-7,10H,2-4,8-9H2,1H3,(H,16,19). The van der Waals surface area contributed by atoms with E-state index in [-0.39, 0.29) is 11.9 Å². The molecule has 0 radical (unpaired) electrons. The molecule has 3 rings (SSSR count). The number of carbonyl (C=O) groups is 2. The van der Waals surface area contributed by atoms with Crippen molar-refractivity contribution in [3.63, 3.8) is 0 Å². The smallest absolute Gasteiger partial charge is 0.329 e. The summed E-state index contributed by atoms with van der Waals surface area (Å²) in [6, 6.07) is 6.70. The fourth-order valence-corrected chi connectivity index (χ4v) is 3.10. The number of hydrogen-bond acceptors (Lipinski definition) is 3. The molecule has 1 N–H and O–H groups in total. The van der Waals surface area contributed by atoms with Gasteiger partial charge in [0.2, 0.25) is 0 Å². The first-order chi connectivity index (χ1) is 9.66. The number of ether oxygens (including phenoxy) is 1. The molecule has 1 spiro atoms. The van der Waals surface area contributed by atoms with Gasteiger partial charge in [0.1, 0.15) is 11.3 Å². The van der Waals surface area contributed by atoms with E-state index in [4.69, 9.17) is 4.74 Å². The lowest BCUT2D eigenvalue weighted by Gasteiger charge is -2.30. The van der Waals surface area contributed by atoms with Crippen LogP contribution in [0.2, 0.25) is 0 Å². The zero-order valence-electron chi connectivity index (χ0n) is 11.5. The highest BCUT2D eigenvalue weighted by Gasteiger charge is 2.51. The Balaban J connectivity index is 1.93. The summed E-state index contributed by atoms with van der Waals surface area (Å²) >= 11 is 0. The Morgan fingerprint density at radius 1 is 1.20 bits per heavy atom. The van der Waals surface area contributed by atoms with Crippen LogP contribution in [0, 0.1) is 0 Å². The van der Waals surface area contributed by atoms with Crippen LogP contribution in [0.1, 0.15) is 32.1 Å². The molecule has 1 aliphatic heterocycles. The number of nitrogens with one attached hydrogen (secondary N) is 1. The van der Waals surface area contributed by atoms with Crippen molar-refractivity contribution in [2.45, 2.75) is 37.6 Å². The fourth-order valence-electron chi connectivity index (χ4n) is 3.10. The molecular weight excluding hydrogens is 256 g/mol. The summed E-state index contributed by atoms with van der Waals surface area (Å²) in [5, 5.41) is 2.90. The van der Waals surface area contributed by atoms with Gasteiger partial charge < -0.3 is 10.1 Å². The number of urea groups is 1. The SMILES string of the molecule is COc1cccc(N2C(=O)NC3(CCCCC3)C2=O)c1. The maximum atomic E-state index is 12.7. The Morgan fingerprint density at radius 2 is 1.95 bits per heavy atom. The Labute approximate surface area is 117 Å². The molecule has 0 aromatic heterocycles. The maximum absolute atomic E-state index is 12.7. The first-order valence-corrected chi connectivity index (χ1v) is 6.97. The van der Waals surface area contributed by atoms with Crippen LogP contribution in [0.4, 0.5) is 10.5 Å².